The zero-order valence-corrected chi connectivity index (χ0v) is 11.3. The zero-order chi connectivity index (χ0) is 12.4. The van der Waals surface area contributed by atoms with Crippen LogP contribution in [0.5, 0.6) is 0 Å². The molecule has 0 aromatic heterocycles. The van der Waals surface area contributed by atoms with Crippen molar-refractivity contribution >= 4 is 23.0 Å². The van der Waals surface area contributed by atoms with E-state index in [0.717, 1.165) is 26.2 Å². The molecule has 0 unspecified atom stereocenters. The van der Waals surface area contributed by atoms with Gasteiger partial charge in [-0.15, -0.1) is 0 Å². The Morgan fingerprint density at radius 1 is 1.18 bits per heavy atom. The molecule has 17 heavy (non-hydrogen) atoms. The number of rotatable bonds is 1. The minimum Gasteiger partial charge on any atom is -0.376 e. The third-order valence-corrected chi connectivity index (χ3v) is 3.54. The maximum Gasteiger partial charge on any atom is 0.166 e. The molecule has 0 atom stereocenters. The summed E-state index contributed by atoms with van der Waals surface area (Å²) in [7, 11) is 0. The molecule has 1 aromatic rings. The zero-order valence-electron chi connectivity index (χ0n) is 10.4. The van der Waals surface area contributed by atoms with Crippen molar-refractivity contribution in [2.75, 3.05) is 31.1 Å². The van der Waals surface area contributed by atoms with Gasteiger partial charge < -0.3 is 15.5 Å². The lowest BCUT2D eigenvalue weighted by Gasteiger charge is -2.37. The van der Waals surface area contributed by atoms with Crippen molar-refractivity contribution in [2.45, 2.75) is 13.8 Å². The first-order valence-corrected chi connectivity index (χ1v) is 6.35. The summed E-state index contributed by atoms with van der Waals surface area (Å²) in [5, 5.41) is 0.519. The Morgan fingerprint density at radius 2 is 1.82 bits per heavy atom. The second-order valence-electron chi connectivity index (χ2n) is 4.60. The average molecular weight is 249 g/mol. The number of hydrogen-bond acceptors (Lipinski definition) is 2. The van der Waals surface area contributed by atoms with Crippen molar-refractivity contribution in [1.82, 2.24) is 4.90 Å². The first-order valence-electron chi connectivity index (χ1n) is 5.94. The van der Waals surface area contributed by atoms with Crippen molar-refractivity contribution in [1.29, 1.82) is 0 Å². The van der Waals surface area contributed by atoms with Crippen LogP contribution in [0.25, 0.3) is 0 Å². The highest BCUT2D eigenvalue weighted by molar-refractivity contribution is 7.80. The molecule has 0 aliphatic carbocycles. The summed E-state index contributed by atoms with van der Waals surface area (Å²) < 4.78 is 0. The van der Waals surface area contributed by atoms with E-state index in [0.29, 0.717) is 5.11 Å². The highest BCUT2D eigenvalue weighted by Gasteiger charge is 2.18. The molecular formula is C13H19N3S. The summed E-state index contributed by atoms with van der Waals surface area (Å²) in [4.78, 5) is 4.47. The van der Waals surface area contributed by atoms with E-state index in [2.05, 4.69) is 41.8 Å². The van der Waals surface area contributed by atoms with Crippen LogP contribution < -0.4 is 10.6 Å². The van der Waals surface area contributed by atoms with Crippen molar-refractivity contribution in [3.05, 3.63) is 29.3 Å². The van der Waals surface area contributed by atoms with Gasteiger partial charge >= 0.3 is 0 Å². The molecular weight excluding hydrogens is 230 g/mol. The van der Waals surface area contributed by atoms with Crippen LogP contribution in [0.2, 0.25) is 0 Å². The molecule has 2 rings (SSSR count). The van der Waals surface area contributed by atoms with Gasteiger partial charge in [-0.2, -0.15) is 0 Å². The molecule has 4 heteroatoms. The average Bonchev–Trinajstić information content (AvgIpc) is 2.29. The smallest absolute Gasteiger partial charge is 0.166 e. The first kappa shape index (κ1) is 12.2. The monoisotopic (exact) mass is 249 g/mol. The van der Waals surface area contributed by atoms with Crippen LogP contribution in [0, 0.1) is 13.8 Å². The maximum atomic E-state index is 5.64. The van der Waals surface area contributed by atoms with E-state index in [1.165, 1.54) is 16.8 Å². The largest absolute Gasteiger partial charge is 0.376 e. The highest BCUT2D eigenvalue weighted by atomic mass is 32.1. The van der Waals surface area contributed by atoms with E-state index in [1.54, 1.807) is 0 Å². The molecule has 0 radical (unpaired) electrons. The molecule has 92 valence electrons. The van der Waals surface area contributed by atoms with Gasteiger partial charge in [0.05, 0.1) is 0 Å². The number of benzene rings is 1. The normalized spacial score (nSPS) is 16.1. The third-order valence-electron chi connectivity index (χ3n) is 3.28. The number of anilines is 1. The molecule has 0 spiro atoms. The standard InChI is InChI=1S/C13H19N3S/c1-10-3-4-12(11(2)9-10)15-5-7-16(8-6-15)13(14)17/h3-4,9H,5-8H2,1-2H3,(H2,14,17). The summed E-state index contributed by atoms with van der Waals surface area (Å²) in [5.41, 5.74) is 9.63. The molecule has 1 aliphatic rings. The van der Waals surface area contributed by atoms with Gasteiger partial charge in [0.15, 0.2) is 5.11 Å². The molecule has 2 N–H and O–H groups in total. The number of aryl methyl sites for hydroxylation is 2. The summed E-state index contributed by atoms with van der Waals surface area (Å²) >= 11 is 5.00. The second-order valence-corrected chi connectivity index (χ2v) is 5.02. The summed E-state index contributed by atoms with van der Waals surface area (Å²) in [6.07, 6.45) is 0. The quantitative estimate of drug-likeness (QED) is 0.767. The van der Waals surface area contributed by atoms with Gasteiger partial charge in [0.25, 0.3) is 0 Å². The van der Waals surface area contributed by atoms with Crippen molar-refractivity contribution in [3.8, 4) is 0 Å². The summed E-state index contributed by atoms with van der Waals surface area (Å²) in [6.45, 7) is 8.11. The molecule has 1 fully saturated rings. The number of nitrogens with zero attached hydrogens (tertiary/aromatic N) is 2. The van der Waals surface area contributed by atoms with Crippen LogP contribution in [0.3, 0.4) is 0 Å². The van der Waals surface area contributed by atoms with Gasteiger partial charge in [-0.1, -0.05) is 17.7 Å². The predicted molar refractivity (Wildman–Crippen MR) is 76.5 cm³/mol. The van der Waals surface area contributed by atoms with Gasteiger partial charge in [0.1, 0.15) is 0 Å². The Labute approximate surface area is 108 Å². The Bertz CT molecular complexity index is 423. The highest BCUT2D eigenvalue weighted by Crippen LogP contribution is 2.22. The predicted octanol–water partition coefficient (Wildman–Crippen LogP) is 1.67. The lowest BCUT2D eigenvalue weighted by Crippen LogP contribution is -2.50. The molecule has 0 saturated carbocycles. The maximum absolute atomic E-state index is 5.64. The van der Waals surface area contributed by atoms with Crippen LogP contribution in [-0.2, 0) is 0 Å². The summed E-state index contributed by atoms with van der Waals surface area (Å²) in [5.74, 6) is 0. The molecule has 0 amide bonds. The lowest BCUT2D eigenvalue weighted by atomic mass is 10.1. The topological polar surface area (TPSA) is 32.5 Å². The van der Waals surface area contributed by atoms with Crippen molar-refractivity contribution in [2.24, 2.45) is 5.73 Å². The number of piperazine rings is 1. The first-order chi connectivity index (χ1) is 8.08. The molecule has 0 bridgehead atoms. The summed E-state index contributed by atoms with van der Waals surface area (Å²) in [6, 6.07) is 6.61. The Hall–Kier alpha value is -1.29. The Kier molecular flexibility index (Phi) is 3.52. The number of hydrogen-bond donors (Lipinski definition) is 1. The van der Waals surface area contributed by atoms with Crippen molar-refractivity contribution < 1.29 is 0 Å². The number of thiocarbonyl (C=S) groups is 1. The van der Waals surface area contributed by atoms with Crippen LogP contribution in [0.15, 0.2) is 18.2 Å². The Balaban J connectivity index is 2.08. The second kappa shape index (κ2) is 4.92. The molecule has 1 saturated heterocycles. The van der Waals surface area contributed by atoms with E-state index >= 15 is 0 Å². The van der Waals surface area contributed by atoms with E-state index in [1.807, 2.05) is 0 Å². The molecule has 1 aromatic carbocycles. The van der Waals surface area contributed by atoms with Crippen LogP contribution in [0.1, 0.15) is 11.1 Å². The fraction of sp³-hybridized carbons (Fsp3) is 0.462. The van der Waals surface area contributed by atoms with Crippen molar-refractivity contribution in [3.63, 3.8) is 0 Å². The van der Waals surface area contributed by atoms with Gasteiger partial charge in [-0.05, 0) is 37.7 Å². The van der Waals surface area contributed by atoms with Gasteiger partial charge in [0, 0.05) is 31.9 Å². The molecule has 3 nitrogen and oxygen atoms in total. The van der Waals surface area contributed by atoms with Crippen LogP contribution in [0.4, 0.5) is 5.69 Å². The van der Waals surface area contributed by atoms with Gasteiger partial charge in [-0.25, -0.2) is 0 Å². The van der Waals surface area contributed by atoms with Gasteiger partial charge in [-0.3, -0.25) is 0 Å². The SMILES string of the molecule is Cc1ccc(N2CCN(C(N)=S)CC2)c(C)c1. The minimum atomic E-state index is 0.519. The third kappa shape index (κ3) is 2.69. The Morgan fingerprint density at radius 3 is 2.35 bits per heavy atom. The molecule has 1 heterocycles. The van der Waals surface area contributed by atoms with E-state index < -0.39 is 0 Å². The van der Waals surface area contributed by atoms with E-state index in [4.69, 9.17) is 18.0 Å². The fourth-order valence-corrected chi connectivity index (χ4v) is 2.51. The number of nitrogens with two attached hydrogens (primary N) is 1. The van der Waals surface area contributed by atoms with Crippen LogP contribution in [-0.4, -0.2) is 36.2 Å². The van der Waals surface area contributed by atoms with Crippen LogP contribution >= 0.6 is 12.2 Å². The lowest BCUT2D eigenvalue weighted by molar-refractivity contribution is 0.388. The van der Waals surface area contributed by atoms with E-state index in [-0.39, 0.29) is 0 Å². The fourth-order valence-electron chi connectivity index (χ4n) is 2.33. The molecule has 1 aliphatic heterocycles. The van der Waals surface area contributed by atoms with E-state index in [9.17, 15) is 0 Å². The van der Waals surface area contributed by atoms with Gasteiger partial charge in [0.2, 0.25) is 0 Å². The minimum absolute atomic E-state index is 0.519.